The molecular weight excluding hydrogens is 340 g/mol. The van der Waals surface area contributed by atoms with Crippen LogP contribution in [0.5, 0.6) is 0 Å². The maximum Gasteiger partial charge on any atom is 0.223 e. The number of hydrogen-bond donors (Lipinski definition) is 1. The molecule has 1 aliphatic carbocycles. The fourth-order valence-electron chi connectivity index (χ4n) is 3.18. The lowest BCUT2D eigenvalue weighted by molar-refractivity contribution is -0.125. The number of nitrogens with zero attached hydrogens (tertiary/aromatic N) is 1. The molecule has 5 heteroatoms. The van der Waals surface area contributed by atoms with E-state index in [1.165, 1.54) is 24.1 Å². The molecule has 1 aromatic heterocycles. The lowest BCUT2D eigenvalue weighted by Gasteiger charge is -2.20. The van der Waals surface area contributed by atoms with Gasteiger partial charge in [-0.3, -0.25) is 4.79 Å². The van der Waals surface area contributed by atoms with Crippen molar-refractivity contribution in [3.8, 4) is 10.6 Å². The van der Waals surface area contributed by atoms with Gasteiger partial charge in [-0.1, -0.05) is 43.0 Å². The van der Waals surface area contributed by atoms with Gasteiger partial charge >= 0.3 is 0 Å². The van der Waals surface area contributed by atoms with Gasteiger partial charge in [0.15, 0.2) is 0 Å². The lowest BCUT2D eigenvalue weighted by atomic mass is 9.89. The van der Waals surface area contributed by atoms with Crippen molar-refractivity contribution in [3.05, 3.63) is 39.9 Å². The minimum Gasteiger partial charge on any atom is -0.356 e. The first kappa shape index (κ1) is 17.4. The number of nitrogens with one attached hydrogen (secondary N) is 1. The molecule has 3 rings (SSSR count). The Balaban J connectivity index is 1.55. The van der Waals surface area contributed by atoms with E-state index in [0.717, 1.165) is 40.6 Å². The summed E-state index contributed by atoms with van der Waals surface area (Å²) in [5.74, 6) is 0.459. The van der Waals surface area contributed by atoms with Crippen LogP contribution in [0.4, 0.5) is 0 Å². The predicted octanol–water partition coefficient (Wildman–Crippen LogP) is 5.01. The van der Waals surface area contributed by atoms with Crippen molar-refractivity contribution in [2.45, 2.75) is 45.4 Å². The molecule has 2 aromatic rings. The standard InChI is InChI=1S/C19H23ClN2OS/c1-13-17(11-12-21-18(23)14-5-3-2-4-6-14)24-19(22-13)15-7-9-16(20)10-8-15/h7-10,14H,2-6,11-12H2,1H3,(H,21,23). The molecule has 0 bridgehead atoms. The summed E-state index contributed by atoms with van der Waals surface area (Å²) in [4.78, 5) is 18.1. The highest BCUT2D eigenvalue weighted by atomic mass is 35.5. The topological polar surface area (TPSA) is 42.0 Å². The van der Waals surface area contributed by atoms with E-state index >= 15 is 0 Å². The van der Waals surface area contributed by atoms with Gasteiger partial charge in [0.25, 0.3) is 0 Å². The molecule has 0 atom stereocenters. The first-order chi connectivity index (χ1) is 11.6. The third-order valence-corrected chi connectivity index (χ3v) is 6.13. The van der Waals surface area contributed by atoms with E-state index < -0.39 is 0 Å². The van der Waals surface area contributed by atoms with Crippen LogP contribution in [0.2, 0.25) is 5.02 Å². The number of amides is 1. The normalized spacial score (nSPS) is 15.4. The third kappa shape index (κ3) is 4.37. The van der Waals surface area contributed by atoms with Crippen LogP contribution in [-0.2, 0) is 11.2 Å². The predicted molar refractivity (Wildman–Crippen MR) is 101 cm³/mol. The molecule has 1 fully saturated rings. The van der Waals surface area contributed by atoms with E-state index in [0.29, 0.717) is 6.54 Å². The monoisotopic (exact) mass is 362 g/mol. The number of aromatic nitrogens is 1. The van der Waals surface area contributed by atoms with Crippen molar-refractivity contribution in [3.63, 3.8) is 0 Å². The minimum absolute atomic E-state index is 0.228. The van der Waals surface area contributed by atoms with Crippen molar-refractivity contribution in [1.82, 2.24) is 10.3 Å². The van der Waals surface area contributed by atoms with Crippen LogP contribution in [0.3, 0.4) is 0 Å². The van der Waals surface area contributed by atoms with Crippen LogP contribution in [-0.4, -0.2) is 17.4 Å². The molecule has 0 radical (unpaired) electrons. The molecule has 1 N–H and O–H groups in total. The molecule has 128 valence electrons. The summed E-state index contributed by atoms with van der Waals surface area (Å²) in [6.45, 7) is 2.73. The van der Waals surface area contributed by atoms with Gasteiger partial charge < -0.3 is 5.32 Å². The number of hydrogen-bond acceptors (Lipinski definition) is 3. The fourth-order valence-corrected chi connectivity index (χ4v) is 4.38. The Morgan fingerprint density at radius 2 is 1.96 bits per heavy atom. The van der Waals surface area contributed by atoms with Crippen LogP contribution in [0.15, 0.2) is 24.3 Å². The first-order valence-corrected chi connectivity index (χ1v) is 9.83. The zero-order valence-corrected chi connectivity index (χ0v) is 15.6. The molecule has 1 saturated carbocycles. The van der Waals surface area contributed by atoms with Crippen LogP contribution in [0.25, 0.3) is 10.6 Å². The van der Waals surface area contributed by atoms with Crippen LogP contribution >= 0.6 is 22.9 Å². The van der Waals surface area contributed by atoms with Crippen molar-refractivity contribution >= 4 is 28.8 Å². The highest BCUT2D eigenvalue weighted by molar-refractivity contribution is 7.15. The smallest absolute Gasteiger partial charge is 0.223 e. The molecule has 0 saturated heterocycles. The molecule has 24 heavy (non-hydrogen) atoms. The van der Waals surface area contributed by atoms with Gasteiger partial charge in [-0.15, -0.1) is 11.3 Å². The van der Waals surface area contributed by atoms with E-state index in [1.54, 1.807) is 11.3 Å². The van der Waals surface area contributed by atoms with Gasteiger partial charge in [-0.2, -0.15) is 0 Å². The fraction of sp³-hybridized carbons (Fsp3) is 0.474. The van der Waals surface area contributed by atoms with Gasteiger partial charge in [0.2, 0.25) is 5.91 Å². The second-order valence-corrected chi connectivity index (χ2v) is 7.93. The number of thiazole rings is 1. The number of halogens is 1. The molecule has 1 heterocycles. The average molecular weight is 363 g/mol. The Morgan fingerprint density at radius 3 is 2.67 bits per heavy atom. The van der Waals surface area contributed by atoms with Crippen LogP contribution in [0.1, 0.15) is 42.7 Å². The van der Waals surface area contributed by atoms with Crippen molar-refractivity contribution in [2.24, 2.45) is 5.92 Å². The summed E-state index contributed by atoms with van der Waals surface area (Å²) in [5.41, 5.74) is 2.14. The highest BCUT2D eigenvalue weighted by Crippen LogP contribution is 2.29. The van der Waals surface area contributed by atoms with E-state index in [1.807, 2.05) is 31.2 Å². The Kier molecular flexibility index (Phi) is 5.90. The van der Waals surface area contributed by atoms with Gasteiger partial charge in [0.05, 0.1) is 5.69 Å². The highest BCUT2D eigenvalue weighted by Gasteiger charge is 2.20. The molecule has 0 spiro atoms. The summed E-state index contributed by atoms with van der Waals surface area (Å²) in [5, 5.41) is 4.85. The van der Waals surface area contributed by atoms with E-state index in [-0.39, 0.29) is 11.8 Å². The van der Waals surface area contributed by atoms with Crippen LogP contribution < -0.4 is 5.32 Å². The second-order valence-electron chi connectivity index (χ2n) is 6.41. The van der Waals surface area contributed by atoms with E-state index in [9.17, 15) is 4.79 Å². The molecular formula is C19H23ClN2OS. The summed E-state index contributed by atoms with van der Waals surface area (Å²) in [6.07, 6.45) is 6.60. The first-order valence-electron chi connectivity index (χ1n) is 8.63. The van der Waals surface area contributed by atoms with Gasteiger partial charge in [0, 0.05) is 34.3 Å². The molecule has 0 aliphatic heterocycles. The quantitative estimate of drug-likeness (QED) is 0.812. The minimum atomic E-state index is 0.228. The molecule has 0 unspecified atom stereocenters. The zero-order chi connectivity index (χ0) is 16.9. The molecule has 1 aliphatic rings. The van der Waals surface area contributed by atoms with Gasteiger partial charge in [0.1, 0.15) is 5.01 Å². The molecule has 3 nitrogen and oxygen atoms in total. The zero-order valence-electron chi connectivity index (χ0n) is 14.0. The summed E-state index contributed by atoms with van der Waals surface area (Å²) < 4.78 is 0. The SMILES string of the molecule is Cc1nc(-c2ccc(Cl)cc2)sc1CCNC(=O)C1CCCCC1. The summed E-state index contributed by atoms with van der Waals surface area (Å²) >= 11 is 7.64. The number of benzene rings is 1. The van der Waals surface area contributed by atoms with Crippen LogP contribution in [0, 0.1) is 12.8 Å². The Hall–Kier alpha value is -1.39. The molecule has 1 amide bonds. The van der Waals surface area contributed by atoms with Crippen molar-refractivity contribution in [2.75, 3.05) is 6.54 Å². The number of rotatable bonds is 5. The maximum absolute atomic E-state index is 12.2. The average Bonchev–Trinajstić information content (AvgIpc) is 2.97. The van der Waals surface area contributed by atoms with E-state index in [2.05, 4.69) is 10.3 Å². The van der Waals surface area contributed by atoms with Gasteiger partial charge in [-0.05, 0) is 31.9 Å². The molecule has 1 aromatic carbocycles. The summed E-state index contributed by atoms with van der Waals surface area (Å²) in [6, 6.07) is 7.76. The number of carbonyl (C=O) groups excluding carboxylic acids is 1. The second kappa shape index (κ2) is 8.13. The van der Waals surface area contributed by atoms with Gasteiger partial charge in [-0.25, -0.2) is 4.98 Å². The summed E-state index contributed by atoms with van der Waals surface area (Å²) in [7, 11) is 0. The third-order valence-electron chi connectivity index (χ3n) is 4.61. The maximum atomic E-state index is 12.2. The Bertz CT molecular complexity index is 690. The number of carbonyl (C=O) groups is 1. The van der Waals surface area contributed by atoms with E-state index in [4.69, 9.17) is 11.6 Å². The van der Waals surface area contributed by atoms with Crippen molar-refractivity contribution in [1.29, 1.82) is 0 Å². The Labute approximate surface area is 152 Å². The number of aryl methyl sites for hydroxylation is 1. The van der Waals surface area contributed by atoms with Crippen molar-refractivity contribution < 1.29 is 4.79 Å². The Morgan fingerprint density at radius 1 is 1.25 bits per heavy atom. The lowest BCUT2D eigenvalue weighted by Crippen LogP contribution is -2.33. The largest absolute Gasteiger partial charge is 0.356 e.